The summed E-state index contributed by atoms with van der Waals surface area (Å²) in [7, 11) is 0. The van der Waals surface area contributed by atoms with Gasteiger partial charge in [-0.25, -0.2) is 4.39 Å². The van der Waals surface area contributed by atoms with Crippen molar-refractivity contribution >= 4 is 23.1 Å². The van der Waals surface area contributed by atoms with Crippen molar-refractivity contribution in [1.82, 2.24) is 0 Å². The van der Waals surface area contributed by atoms with Gasteiger partial charge < -0.3 is 0 Å². The number of hydrogen-bond acceptors (Lipinski definition) is 4. The minimum absolute atomic E-state index is 0.00123. The number of Topliss-reactive ketones (excluding diaryl/α,β-unsaturated/α-hetero) is 1. The molecule has 148 valence electrons. The van der Waals surface area contributed by atoms with Gasteiger partial charge in [0.2, 0.25) is 5.91 Å². The van der Waals surface area contributed by atoms with Crippen molar-refractivity contribution in [2.75, 3.05) is 4.90 Å². The molecule has 0 radical (unpaired) electrons. The molecular formula is C22H19FN2O4. The smallest absolute Gasteiger partial charge is 0.293 e. The lowest BCUT2D eigenvalue weighted by atomic mass is 9.77. The first-order valence-corrected chi connectivity index (χ1v) is 9.46. The number of nitro benzene ring substituents is 1. The van der Waals surface area contributed by atoms with Gasteiger partial charge in [0.15, 0.2) is 5.78 Å². The fourth-order valence-electron chi connectivity index (χ4n) is 4.22. The molecular weight excluding hydrogens is 375 g/mol. The van der Waals surface area contributed by atoms with E-state index in [9.17, 15) is 24.1 Å². The third kappa shape index (κ3) is 3.33. The third-order valence-corrected chi connectivity index (χ3v) is 5.52. The van der Waals surface area contributed by atoms with E-state index in [-0.39, 0.29) is 29.5 Å². The first-order chi connectivity index (χ1) is 13.9. The lowest BCUT2D eigenvalue weighted by Crippen LogP contribution is -2.40. The van der Waals surface area contributed by atoms with Gasteiger partial charge in [0.05, 0.1) is 4.92 Å². The summed E-state index contributed by atoms with van der Waals surface area (Å²) in [5, 5.41) is 11.6. The zero-order valence-electron chi connectivity index (χ0n) is 15.9. The van der Waals surface area contributed by atoms with Gasteiger partial charge in [-0.1, -0.05) is 18.2 Å². The molecule has 1 unspecified atom stereocenters. The molecule has 4 rings (SSSR count). The Bertz CT molecular complexity index is 1060. The normalized spacial score (nSPS) is 19.4. The second kappa shape index (κ2) is 7.24. The number of anilines is 1. The summed E-state index contributed by atoms with van der Waals surface area (Å²) in [6, 6.07) is 10.5. The van der Waals surface area contributed by atoms with Crippen LogP contribution in [0.1, 0.15) is 42.7 Å². The van der Waals surface area contributed by atoms with E-state index >= 15 is 0 Å². The monoisotopic (exact) mass is 394 g/mol. The molecule has 7 heteroatoms. The quantitative estimate of drug-likeness (QED) is 0.564. The lowest BCUT2D eigenvalue weighted by Gasteiger charge is -2.38. The van der Waals surface area contributed by atoms with Gasteiger partial charge in [-0.3, -0.25) is 24.6 Å². The van der Waals surface area contributed by atoms with Gasteiger partial charge in [-0.05, 0) is 49.1 Å². The number of amides is 1. The van der Waals surface area contributed by atoms with Crippen LogP contribution in [0.3, 0.4) is 0 Å². The molecule has 1 aliphatic heterocycles. The molecule has 2 aliphatic rings. The van der Waals surface area contributed by atoms with E-state index in [4.69, 9.17) is 0 Å². The first-order valence-electron chi connectivity index (χ1n) is 9.46. The summed E-state index contributed by atoms with van der Waals surface area (Å²) in [6.45, 7) is 1.74. The number of nitro groups is 1. The van der Waals surface area contributed by atoms with Crippen LogP contribution in [0.5, 0.6) is 0 Å². The Hall–Kier alpha value is -3.35. The van der Waals surface area contributed by atoms with Gasteiger partial charge in [0.25, 0.3) is 5.69 Å². The Morgan fingerprint density at radius 3 is 2.52 bits per heavy atom. The van der Waals surface area contributed by atoms with Gasteiger partial charge in [0, 0.05) is 36.1 Å². The molecule has 1 aliphatic carbocycles. The van der Waals surface area contributed by atoms with Crippen LogP contribution >= 0.6 is 0 Å². The highest BCUT2D eigenvalue weighted by Gasteiger charge is 2.41. The SMILES string of the molecule is Cc1ccc(N2C(=O)CC(c3ccc(F)cc3)C3=C2CCCC3=O)c([N+](=O)[O-])c1. The Labute approximate surface area is 166 Å². The van der Waals surface area contributed by atoms with Crippen LogP contribution in [-0.4, -0.2) is 16.6 Å². The van der Waals surface area contributed by atoms with Gasteiger partial charge in [-0.2, -0.15) is 0 Å². The van der Waals surface area contributed by atoms with E-state index in [2.05, 4.69) is 0 Å². The van der Waals surface area contributed by atoms with Gasteiger partial charge in [0.1, 0.15) is 11.5 Å². The molecule has 2 aromatic rings. The van der Waals surface area contributed by atoms with Crippen molar-refractivity contribution in [3.05, 3.63) is 80.8 Å². The van der Waals surface area contributed by atoms with E-state index in [1.165, 1.54) is 23.1 Å². The Kier molecular flexibility index (Phi) is 4.74. The highest BCUT2D eigenvalue weighted by atomic mass is 19.1. The average molecular weight is 394 g/mol. The molecule has 0 saturated carbocycles. The van der Waals surface area contributed by atoms with Crippen LogP contribution in [0, 0.1) is 22.9 Å². The number of carbonyl (C=O) groups is 2. The number of allylic oxidation sites excluding steroid dienone is 2. The molecule has 29 heavy (non-hydrogen) atoms. The first kappa shape index (κ1) is 19.0. The molecule has 1 atom stereocenters. The number of halogens is 1. The van der Waals surface area contributed by atoms with Crippen LogP contribution in [-0.2, 0) is 9.59 Å². The lowest BCUT2D eigenvalue weighted by molar-refractivity contribution is -0.384. The van der Waals surface area contributed by atoms with Gasteiger partial charge in [-0.15, -0.1) is 0 Å². The summed E-state index contributed by atoms with van der Waals surface area (Å²) in [6.07, 6.45) is 1.43. The third-order valence-electron chi connectivity index (χ3n) is 5.52. The predicted octanol–water partition coefficient (Wildman–Crippen LogP) is 4.57. The minimum Gasteiger partial charge on any atom is -0.294 e. The minimum atomic E-state index is -0.507. The maximum atomic E-state index is 13.4. The van der Waals surface area contributed by atoms with Crippen molar-refractivity contribution in [2.24, 2.45) is 0 Å². The highest BCUT2D eigenvalue weighted by Crippen LogP contribution is 2.45. The summed E-state index contributed by atoms with van der Waals surface area (Å²) in [4.78, 5) is 38.4. The maximum Gasteiger partial charge on any atom is 0.293 e. The molecule has 0 spiro atoms. The second-order valence-electron chi connectivity index (χ2n) is 7.42. The van der Waals surface area contributed by atoms with Crippen LogP contribution in [0.4, 0.5) is 15.8 Å². The number of rotatable bonds is 3. The molecule has 2 aromatic carbocycles. The Morgan fingerprint density at radius 2 is 1.83 bits per heavy atom. The molecule has 0 N–H and O–H groups in total. The van der Waals surface area contributed by atoms with Crippen molar-refractivity contribution in [3.8, 4) is 0 Å². The number of ketones is 1. The number of hydrogen-bond donors (Lipinski definition) is 0. The predicted molar refractivity (Wildman–Crippen MR) is 105 cm³/mol. The molecule has 6 nitrogen and oxygen atoms in total. The van der Waals surface area contributed by atoms with E-state index < -0.39 is 16.7 Å². The summed E-state index contributed by atoms with van der Waals surface area (Å²) in [5.74, 6) is -1.23. The van der Waals surface area contributed by atoms with Crippen LogP contribution in [0.25, 0.3) is 0 Å². The Balaban J connectivity index is 1.90. The largest absolute Gasteiger partial charge is 0.294 e. The fourth-order valence-corrected chi connectivity index (χ4v) is 4.22. The molecule has 0 aromatic heterocycles. The van der Waals surface area contributed by atoms with E-state index in [0.29, 0.717) is 41.7 Å². The number of benzene rings is 2. The number of carbonyl (C=O) groups excluding carboxylic acids is 2. The highest BCUT2D eigenvalue weighted by molar-refractivity contribution is 6.08. The molecule has 0 saturated heterocycles. The van der Waals surface area contributed by atoms with Crippen LogP contribution < -0.4 is 4.90 Å². The molecule has 0 bridgehead atoms. The van der Waals surface area contributed by atoms with Crippen molar-refractivity contribution in [1.29, 1.82) is 0 Å². The van der Waals surface area contributed by atoms with E-state index in [1.54, 1.807) is 31.2 Å². The fraction of sp³-hybridized carbons (Fsp3) is 0.273. The Morgan fingerprint density at radius 1 is 1.10 bits per heavy atom. The zero-order valence-corrected chi connectivity index (χ0v) is 15.9. The van der Waals surface area contributed by atoms with Crippen LogP contribution in [0.2, 0.25) is 0 Å². The summed E-state index contributed by atoms with van der Waals surface area (Å²) in [5.41, 5.74) is 2.47. The standard InChI is InChI=1S/C22H19FN2O4/c1-13-5-10-17(19(11-13)25(28)29)24-18-3-2-4-20(26)22(18)16(12-21(24)27)14-6-8-15(23)9-7-14/h5-11,16H,2-4,12H2,1H3. The number of nitrogens with zero attached hydrogens (tertiary/aromatic N) is 2. The number of aryl methyl sites for hydroxylation is 1. The van der Waals surface area contributed by atoms with E-state index in [1.807, 2.05) is 0 Å². The van der Waals surface area contributed by atoms with E-state index in [0.717, 1.165) is 0 Å². The topological polar surface area (TPSA) is 80.5 Å². The zero-order chi connectivity index (χ0) is 20.7. The van der Waals surface area contributed by atoms with Crippen molar-refractivity contribution in [2.45, 2.75) is 38.5 Å². The summed E-state index contributed by atoms with van der Waals surface area (Å²) >= 11 is 0. The molecule has 1 heterocycles. The average Bonchev–Trinajstić information content (AvgIpc) is 2.68. The molecule has 1 amide bonds. The maximum absolute atomic E-state index is 13.4. The van der Waals surface area contributed by atoms with Crippen molar-refractivity contribution in [3.63, 3.8) is 0 Å². The molecule has 0 fully saturated rings. The summed E-state index contributed by atoms with van der Waals surface area (Å²) < 4.78 is 13.4. The van der Waals surface area contributed by atoms with Crippen molar-refractivity contribution < 1.29 is 18.9 Å². The second-order valence-corrected chi connectivity index (χ2v) is 7.42. The van der Waals surface area contributed by atoms with Gasteiger partial charge >= 0.3 is 0 Å². The van der Waals surface area contributed by atoms with Crippen LogP contribution in [0.15, 0.2) is 53.7 Å².